The van der Waals surface area contributed by atoms with Gasteiger partial charge in [-0.2, -0.15) is 0 Å². The Balaban J connectivity index is 2.05. The van der Waals surface area contributed by atoms with Crippen LogP contribution in [0.4, 0.5) is 4.39 Å². The second-order valence-electron chi connectivity index (χ2n) is 3.73. The number of carboxylic acids is 1. The molecule has 0 aliphatic carbocycles. The Morgan fingerprint density at radius 1 is 1.56 bits per heavy atom. The third kappa shape index (κ3) is 2.37. The van der Waals surface area contributed by atoms with Crippen molar-refractivity contribution in [3.05, 3.63) is 35.1 Å². The van der Waals surface area contributed by atoms with Crippen LogP contribution < -0.4 is 5.32 Å². The van der Waals surface area contributed by atoms with E-state index in [0.29, 0.717) is 25.3 Å². The van der Waals surface area contributed by atoms with Gasteiger partial charge < -0.3 is 15.2 Å². The largest absolute Gasteiger partial charge is 0.478 e. The molecular formula is C11H12FNO3. The van der Waals surface area contributed by atoms with E-state index >= 15 is 0 Å². The zero-order chi connectivity index (χ0) is 11.5. The quantitative estimate of drug-likeness (QED) is 0.803. The summed E-state index contributed by atoms with van der Waals surface area (Å²) in [6.45, 7) is 1.57. The zero-order valence-corrected chi connectivity index (χ0v) is 8.57. The predicted octanol–water partition coefficient (Wildman–Crippen LogP) is 1.01. The summed E-state index contributed by atoms with van der Waals surface area (Å²) in [7, 11) is 0. The normalized spacial score (nSPS) is 15.8. The van der Waals surface area contributed by atoms with Crippen LogP contribution in [0.3, 0.4) is 0 Å². The van der Waals surface area contributed by atoms with E-state index in [1.54, 1.807) is 0 Å². The van der Waals surface area contributed by atoms with Gasteiger partial charge in [0.05, 0.1) is 24.8 Å². The van der Waals surface area contributed by atoms with Crippen molar-refractivity contribution in [1.29, 1.82) is 0 Å². The summed E-state index contributed by atoms with van der Waals surface area (Å²) in [5.74, 6) is -1.44. The molecule has 16 heavy (non-hydrogen) atoms. The van der Waals surface area contributed by atoms with Crippen molar-refractivity contribution in [2.75, 3.05) is 13.2 Å². The fraction of sp³-hybridized carbons (Fsp3) is 0.364. The van der Waals surface area contributed by atoms with Gasteiger partial charge in [-0.25, -0.2) is 9.18 Å². The lowest BCUT2D eigenvalue weighted by Crippen LogP contribution is -2.45. The molecule has 0 spiro atoms. The van der Waals surface area contributed by atoms with E-state index in [-0.39, 0.29) is 11.6 Å². The molecule has 0 radical (unpaired) electrons. The number of halogens is 1. The number of carbonyl (C=O) groups is 1. The maximum Gasteiger partial charge on any atom is 0.335 e. The summed E-state index contributed by atoms with van der Waals surface area (Å²) in [6.07, 6.45) is 0. The van der Waals surface area contributed by atoms with Gasteiger partial charge in [-0.1, -0.05) is 0 Å². The van der Waals surface area contributed by atoms with Crippen molar-refractivity contribution in [3.63, 3.8) is 0 Å². The second-order valence-corrected chi connectivity index (χ2v) is 3.73. The number of hydrogen-bond acceptors (Lipinski definition) is 3. The first-order valence-corrected chi connectivity index (χ1v) is 4.99. The van der Waals surface area contributed by atoms with Crippen LogP contribution in [-0.4, -0.2) is 30.3 Å². The molecule has 0 aromatic heterocycles. The predicted molar refractivity (Wildman–Crippen MR) is 54.8 cm³/mol. The number of hydrogen-bond donors (Lipinski definition) is 2. The third-order valence-electron chi connectivity index (χ3n) is 2.51. The minimum Gasteiger partial charge on any atom is -0.478 e. The number of rotatable bonds is 4. The zero-order valence-electron chi connectivity index (χ0n) is 8.57. The van der Waals surface area contributed by atoms with Crippen LogP contribution >= 0.6 is 0 Å². The van der Waals surface area contributed by atoms with Gasteiger partial charge in [0, 0.05) is 12.1 Å². The Morgan fingerprint density at radius 2 is 2.31 bits per heavy atom. The van der Waals surface area contributed by atoms with Gasteiger partial charge in [-0.3, -0.25) is 0 Å². The van der Waals surface area contributed by atoms with E-state index < -0.39 is 11.8 Å². The average molecular weight is 225 g/mol. The second kappa shape index (κ2) is 4.59. The highest BCUT2D eigenvalue weighted by molar-refractivity contribution is 5.87. The van der Waals surface area contributed by atoms with Crippen molar-refractivity contribution in [3.8, 4) is 0 Å². The molecule has 2 N–H and O–H groups in total. The molecule has 1 saturated heterocycles. The van der Waals surface area contributed by atoms with Crippen LogP contribution in [0.15, 0.2) is 18.2 Å². The highest BCUT2D eigenvalue weighted by atomic mass is 19.1. The monoisotopic (exact) mass is 225 g/mol. The molecule has 0 unspecified atom stereocenters. The minimum absolute atomic E-state index is 0.100. The lowest BCUT2D eigenvalue weighted by Gasteiger charge is -2.27. The van der Waals surface area contributed by atoms with Gasteiger partial charge in [-0.05, 0) is 18.2 Å². The highest BCUT2D eigenvalue weighted by Gasteiger charge is 2.18. The Bertz CT molecular complexity index is 404. The van der Waals surface area contributed by atoms with Crippen LogP contribution in [0.1, 0.15) is 15.9 Å². The first-order chi connectivity index (χ1) is 7.66. The van der Waals surface area contributed by atoms with E-state index in [2.05, 4.69) is 5.32 Å². The van der Waals surface area contributed by atoms with Crippen LogP contribution in [0.5, 0.6) is 0 Å². The van der Waals surface area contributed by atoms with Crippen LogP contribution in [0.25, 0.3) is 0 Å². The van der Waals surface area contributed by atoms with Crippen LogP contribution in [0, 0.1) is 5.82 Å². The van der Waals surface area contributed by atoms with E-state index in [4.69, 9.17) is 9.84 Å². The van der Waals surface area contributed by atoms with Crippen molar-refractivity contribution >= 4 is 5.97 Å². The number of aromatic carboxylic acids is 1. The molecule has 4 nitrogen and oxygen atoms in total. The third-order valence-corrected chi connectivity index (χ3v) is 2.51. The lowest BCUT2D eigenvalue weighted by molar-refractivity contribution is -0.00589. The fourth-order valence-electron chi connectivity index (χ4n) is 1.45. The van der Waals surface area contributed by atoms with Gasteiger partial charge in [0.25, 0.3) is 0 Å². The number of carboxylic acid groups (broad SMARTS) is 1. The summed E-state index contributed by atoms with van der Waals surface area (Å²) in [4.78, 5) is 10.7. The topological polar surface area (TPSA) is 58.6 Å². The van der Waals surface area contributed by atoms with Gasteiger partial charge in [0.15, 0.2) is 0 Å². The van der Waals surface area contributed by atoms with Gasteiger partial charge in [0.2, 0.25) is 0 Å². The Hall–Kier alpha value is -1.46. The molecule has 0 amide bonds. The van der Waals surface area contributed by atoms with E-state index in [1.807, 2.05) is 0 Å². The van der Waals surface area contributed by atoms with E-state index in [9.17, 15) is 9.18 Å². The van der Waals surface area contributed by atoms with E-state index in [1.165, 1.54) is 18.2 Å². The first-order valence-electron chi connectivity index (χ1n) is 4.99. The summed E-state index contributed by atoms with van der Waals surface area (Å²) in [5.41, 5.74) is 0.467. The minimum atomic E-state index is -1.05. The molecule has 1 heterocycles. The molecule has 2 rings (SSSR count). The molecule has 0 bridgehead atoms. The summed E-state index contributed by atoms with van der Waals surface area (Å²) >= 11 is 0. The molecule has 1 aliphatic heterocycles. The maximum atomic E-state index is 13.3. The van der Waals surface area contributed by atoms with Gasteiger partial charge >= 0.3 is 5.97 Å². The Labute approximate surface area is 92.0 Å². The van der Waals surface area contributed by atoms with Crippen LogP contribution in [0.2, 0.25) is 0 Å². The van der Waals surface area contributed by atoms with Crippen molar-refractivity contribution in [2.45, 2.75) is 12.6 Å². The van der Waals surface area contributed by atoms with Crippen molar-refractivity contribution in [2.24, 2.45) is 0 Å². The standard InChI is InChI=1S/C11H12FNO3/c12-10-2-1-7(11(14)15)3-8(10)4-13-9-5-16-6-9/h1-3,9,13H,4-6H2,(H,14,15). The molecule has 1 aliphatic rings. The summed E-state index contributed by atoms with van der Waals surface area (Å²) < 4.78 is 18.3. The van der Waals surface area contributed by atoms with E-state index in [0.717, 1.165) is 0 Å². The molecule has 1 aromatic carbocycles. The Kier molecular flexibility index (Phi) is 3.17. The summed E-state index contributed by atoms with van der Waals surface area (Å²) in [6, 6.07) is 4.03. The molecular weight excluding hydrogens is 213 g/mol. The SMILES string of the molecule is O=C(O)c1ccc(F)c(CNC2COC2)c1. The number of ether oxygens (including phenoxy) is 1. The molecule has 0 saturated carbocycles. The highest BCUT2D eigenvalue weighted by Crippen LogP contribution is 2.11. The molecule has 0 atom stereocenters. The van der Waals surface area contributed by atoms with Crippen molar-refractivity contribution < 1.29 is 19.0 Å². The molecule has 5 heteroatoms. The number of nitrogens with one attached hydrogen (secondary N) is 1. The number of benzene rings is 1. The fourth-order valence-corrected chi connectivity index (χ4v) is 1.45. The maximum absolute atomic E-state index is 13.3. The van der Waals surface area contributed by atoms with Gasteiger partial charge in [0.1, 0.15) is 5.82 Å². The smallest absolute Gasteiger partial charge is 0.335 e. The molecule has 1 aromatic rings. The molecule has 86 valence electrons. The average Bonchev–Trinajstić information content (AvgIpc) is 2.18. The summed E-state index contributed by atoms with van der Waals surface area (Å²) in [5, 5.41) is 11.9. The molecule has 1 fully saturated rings. The van der Waals surface area contributed by atoms with Gasteiger partial charge in [-0.15, -0.1) is 0 Å². The van der Waals surface area contributed by atoms with Crippen molar-refractivity contribution in [1.82, 2.24) is 5.32 Å². The lowest BCUT2D eigenvalue weighted by atomic mass is 10.1. The Morgan fingerprint density at radius 3 is 2.88 bits per heavy atom. The first kappa shape index (κ1) is 11.0. The van der Waals surface area contributed by atoms with Crippen LogP contribution in [-0.2, 0) is 11.3 Å².